The van der Waals surface area contributed by atoms with E-state index in [0.29, 0.717) is 12.8 Å². The van der Waals surface area contributed by atoms with E-state index in [9.17, 15) is 18.0 Å². The third kappa shape index (κ3) is 3.61. The first kappa shape index (κ1) is 15.5. The maximum atomic E-state index is 12.3. The van der Waals surface area contributed by atoms with Crippen LogP contribution in [0.2, 0.25) is 0 Å². The van der Waals surface area contributed by atoms with Crippen LogP contribution in [0.1, 0.15) is 24.3 Å². The number of hydrogen-bond acceptors (Lipinski definition) is 2. The molecule has 0 aromatic heterocycles. The van der Waals surface area contributed by atoms with Crippen LogP contribution in [0.5, 0.6) is 0 Å². The SMILES string of the molecule is O=C(N1CCC(c2ccc(SCl)cc2)CC1)C(F)(F)F. The standard InChI is InChI=1S/C13H13ClF3NOS/c14-20-11-3-1-9(2-4-11)10-5-7-18(8-6-10)12(19)13(15,16)17/h1-4,10H,5-8H2. The van der Waals surface area contributed by atoms with Gasteiger partial charge in [0.05, 0.1) is 0 Å². The molecule has 0 unspecified atom stereocenters. The molecule has 1 fully saturated rings. The Kier molecular flexibility index (Phi) is 4.86. The first-order valence-corrected chi connectivity index (χ1v) is 7.80. The minimum Gasteiger partial charge on any atom is -0.335 e. The first-order valence-electron chi connectivity index (χ1n) is 6.16. The van der Waals surface area contributed by atoms with Gasteiger partial charge < -0.3 is 4.90 Å². The second-order valence-electron chi connectivity index (χ2n) is 4.71. The Morgan fingerprint density at radius 3 is 2.20 bits per heavy atom. The Labute approximate surface area is 123 Å². The van der Waals surface area contributed by atoms with E-state index in [0.717, 1.165) is 26.3 Å². The van der Waals surface area contributed by atoms with Crippen LogP contribution in [-0.2, 0) is 4.79 Å². The van der Waals surface area contributed by atoms with Crippen molar-refractivity contribution < 1.29 is 18.0 Å². The van der Waals surface area contributed by atoms with Crippen molar-refractivity contribution in [1.29, 1.82) is 0 Å². The van der Waals surface area contributed by atoms with E-state index in [1.54, 1.807) is 0 Å². The number of hydrogen-bond donors (Lipinski definition) is 0. The number of benzene rings is 1. The van der Waals surface area contributed by atoms with Crippen LogP contribution in [-0.4, -0.2) is 30.1 Å². The van der Waals surface area contributed by atoms with Crippen molar-refractivity contribution >= 4 is 27.6 Å². The maximum absolute atomic E-state index is 12.3. The Balaban J connectivity index is 1.95. The van der Waals surface area contributed by atoms with Crippen LogP contribution < -0.4 is 0 Å². The smallest absolute Gasteiger partial charge is 0.335 e. The van der Waals surface area contributed by atoms with Gasteiger partial charge in [0.1, 0.15) is 0 Å². The molecule has 1 saturated heterocycles. The number of carbonyl (C=O) groups is 1. The molecule has 20 heavy (non-hydrogen) atoms. The summed E-state index contributed by atoms with van der Waals surface area (Å²) in [5.74, 6) is -1.54. The molecule has 1 heterocycles. The molecule has 2 nitrogen and oxygen atoms in total. The van der Waals surface area contributed by atoms with Gasteiger partial charge in [-0.15, -0.1) is 0 Å². The van der Waals surface area contributed by atoms with Gasteiger partial charge in [0, 0.05) is 18.0 Å². The summed E-state index contributed by atoms with van der Waals surface area (Å²) in [4.78, 5) is 12.9. The van der Waals surface area contributed by atoms with Gasteiger partial charge in [-0.25, -0.2) is 0 Å². The predicted octanol–water partition coefficient (Wildman–Crippen LogP) is 4.20. The highest BCUT2D eigenvalue weighted by Gasteiger charge is 2.43. The molecule has 110 valence electrons. The first-order chi connectivity index (χ1) is 9.41. The van der Waals surface area contributed by atoms with E-state index in [1.807, 2.05) is 24.3 Å². The largest absolute Gasteiger partial charge is 0.471 e. The fourth-order valence-electron chi connectivity index (χ4n) is 2.39. The minimum atomic E-state index is -4.77. The number of nitrogens with zero attached hydrogens (tertiary/aromatic N) is 1. The van der Waals surface area contributed by atoms with Crippen LogP contribution >= 0.6 is 21.7 Å². The molecule has 1 aliphatic rings. The topological polar surface area (TPSA) is 20.3 Å². The van der Waals surface area contributed by atoms with Crippen molar-refractivity contribution in [2.75, 3.05) is 13.1 Å². The molecule has 1 aromatic carbocycles. The molecule has 0 aliphatic carbocycles. The Morgan fingerprint density at radius 2 is 1.75 bits per heavy atom. The fraction of sp³-hybridized carbons (Fsp3) is 0.462. The van der Waals surface area contributed by atoms with Gasteiger partial charge >= 0.3 is 12.1 Å². The number of carbonyl (C=O) groups excluding carboxylic acids is 1. The van der Waals surface area contributed by atoms with E-state index in [4.69, 9.17) is 10.7 Å². The lowest BCUT2D eigenvalue weighted by atomic mass is 9.89. The zero-order chi connectivity index (χ0) is 14.8. The van der Waals surface area contributed by atoms with Gasteiger partial charge in [-0.05, 0) is 58.1 Å². The Morgan fingerprint density at radius 1 is 1.20 bits per heavy atom. The summed E-state index contributed by atoms with van der Waals surface area (Å²) in [5.41, 5.74) is 1.08. The summed E-state index contributed by atoms with van der Waals surface area (Å²) in [6, 6.07) is 7.66. The van der Waals surface area contributed by atoms with Gasteiger partial charge in [-0.2, -0.15) is 13.2 Å². The molecule has 0 saturated carbocycles. The number of piperidine rings is 1. The van der Waals surface area contributed by atoms with Crippen molar-refractivity contribution in [3.05, 3.63) is 29.8 Å². The molecule has 1 amide bonds. The molecule has 2 rings (SSSR count). The van der Waals surface area contributed by atoms with Crippen LogP contribution in [0.15, 0.2) is 29.2 Å². The molecule has 1 aromatic rings. The number of likely N-dealkylation sites (tertiary alicyclic amines) is 1. The highest BCUT2D eigenvalue weighted by Crippen LogP contribution is 2.31. The number of rotatable bonds is 2. The second kappa shape index (κ2) is 6.26. The monoisotopic (exact) mass is 323 g/mol. The van der Waals surface area contributed by atoms with Crippen LogP contribution in [0.3, 0.4) is 0 Å². The lowest BCUT2D eigenvalue weighted by Gasteiger charge is -2.32. The van der Waals surface area contributed by atoms with E-state index in [2.05, 4.69) is 0 Å². The van der Waals surface area contributed by atoms with Gasteiger partial charge in [0.2, 0.25) is 0 Å². The molecule has 7 heteroatoms. The summed E-state index contributed by atoms with van der Waals surface area (Å²) >= 11 is 0. The van der Waals surface area contributed by atoms with Gasteiger partial charge in [0.15, 0.2) is 0 Å². The van der Waals surface area contributed by atoms with Crippen molar-refractivity contribution in [3.8, 4) is 0 Å². The quantitative estimate of drug-likeness (QED) is 0.813. The summed E-state index contributed by atoms with van der Waals surface area (Å²) in [5, 5.41) is 0. The fourth-order valence-corrected chi connectivity index (χ4v) is 2.93. The third-order valence-corrected chi connectivity index (χ3v) is 4.45. The summed E-state index contributed by atoms with van der Waals surface area (Å²) in [6.45, 7) is 0.296. The molecular formula is C13H13ClF3NOS. The number of halogens is 4. The van der Waals surface area contributed by atoms with Crippen molar-refractivity contribution in [2.45, 2.75) is 29.8 Å². The van der Waals surface area contributed by atoms with Crippen molar-refractivity contribution in [3.63, 3.8) is 0 Å². The van der Waals surface area contributed by atoms with Crippen LogP contribution in [0.25, 0.3) is 0 Å². The number of amides is 1. The van der Waals surface area contributed by atoms with E-state index >= 15 is 0 Å². The van der Waals surface area contributed by atoms with Crippen LogP contribution in [0.4, 0.5) is 13.2 Å². The van der Waals surface area contributed by atoms with Crippen LogP contribution in [0, 0.1) is 0 Å². The highest BCUT2D eigenvalue weighted by atomic mass is 35.7. The zero-order valence-electron chi connectivity index (χ0n) is 10.5. The molecule has 0 atom stereocenters. The zero-order valence-corrected chi connectivity index (χ0v) is 12.1. The summed E-state index contributed by atoms with van der Waals surface area (Å²) in [6.07, 6.45) is -3.67. The normalized spacial score (nSPS) is 17.3. The molecule has 0 bridgehead atoms. The minimum absolute atomic E-state index is 0.148. The Hall–Kier alpha value is -0.880. The summed E-state index contributed by atoms with van der Waals surface area (Å²) < 4.78 is 37.0. The molecular weight excluding hydrogens is 311 g/mol. The highest BCUT2D eigenvalue weighted by molar-refractivity contribution is 8.21. The number of alkyl halides is 3. The van der Waals surface area contributed by atoms with Crippen molar-refractivity contribution in [2.24, 2.45) is 0 Å². The molecule has 0 radical (unpaired) electrons. The lowest BCUT2D eigenvalue weighted by Crippen LogP contribution is -2.45. The maximum Gasteiger partial charge on any atom is 0.471 e. The third-order valence-electron chi connectivity index (χ3n) is 3.47. The molecule has 0 N–H and O–H groups in total. The molecule has 0 spiro atoms. The van der Waals surface area contributed by atoms with Gasteiger partial charge in [0.25, 0.3) is 0 Å². The van der Waals surface area contributed by atoms with E-state index < -0.39 is 12.1 Å². The average Bonchev–Trinajstić information content (AvgIpc) is 2.46. The van der Waals surface area contributed by atoms with E-state index in [1.165, 1.54) is 0 Å². The molecule has 1 aliphatic heterocycles. The van der Waals surface area contributed by atoms with Gasteiger partial charge in [-0.1, -0.05) is 12.1 Å². The van der Waals surface area contributed by atoms with Gasteiger partial charge in [-0.3, -0.25) is 4.79 Å². The van der Waals surface area contributed by atoms with Crippen molar-refractivity contribution in [1.82, 2.24) is 4.90 Å². The lowest BCUT2D eigenvalue weighted by molar-refractivity contribution is -0.186. The second-order valence-corrected chi connectivity index (χ2v) is 5.80. The predicted molar refractivity (Wildman–Crippen MR) is 72.8 cm³/mol. The summed E-state index contributed by atoms with van der Waals surface area (Å²) in [7, 11) is 6.75. The Bertz CT molecular complexity index is 469. The average molecular weight is 324 g/mol. The van der Waals surface area contributed by atoms with E-state index in [-0.39, 0.29) is 19.0 Å².